The first-order valence-corrected chi connectivity index (χ1v) is 17.2. The summed E-state index contributed by atoms with van der Waals surface area (Å²) in [5.74, 6) is -3.39. The van der Waals surface area contributed by atoms with Crippen molar-refractivity contribution in [1.82, 2.24) is 0 Å². The fourth-order valence-electron chi connectivity index (χ4n) is 5.51. The minimum atomic E-state index is -1.51. The van der Waals surface area contributed by atoms with E-state index >= 15 is 0 Å². The Hall–Kier alpha value is -5.85. The second-order valence-corrected chi connectivity index (χ2v) is 12.0. The zero-order chi connectivity index (χ0) is 37.4. The van der Waals surface area contributed by atoms with Crippen LogP contribution in [0.3, 0.4) is 0 Å². The van der Waals surface area contributed by atoms with Gasteiger partial charge < -0.3 is 33.2 Å². The molecule has 1 saturated heterocycles. The van der Waals surface area contributed by atoms with E-state index in [1.54, 1.807) is 121 Å². The van der Waals surface area contributed by atoms with Crippen LogP contribution in [-0.2, 0) is 38.0 Å². The first-order valence-electron chi connectivity index (χ1n) is 17.2. The maximum absolute atomic E-state index is 13.7. The summed E-state index contributed by atoms with van der Waals surface area (Å²) in [5, 5.41) is 0. The van der Waals surface area contributed by atoms with Crippen LogP contribution in [-0.4, -0.2) is 80.9 Å². The number of carbonyl (C=O) groups is 5. The number of carbonyl (C=O) groups excluding carboxylic acids is 5. The molecule has 5 rings (SSSR count). The van der Waals surface area contributed by atoms with Crippen molar-refractivity contribution in [2.45, 2.75) is 56.4 Å². The number of esters is 5. The molecule has 0 spiro atoms. The molecule has 1 aliphatic heterocycles. The van der Waals surface area contributed by atoms with Gasteiger partial charge in [-0.15, -0.1) is 0 Å². The number of unbranched alkanes of at least 4 members (excludes halogenated alkanes) is 2. The molecule has 0 unspecified atom stereocenters. The Balaban J connectivity index is 1.49. The van der Waals surface area contributed by atoms with E-state index in [0.29, 0.717) is 19.3 Å². The molecule has 1 heterocycles. The van der Waals surface area contributed by atoms with Crippen molar-refractivity contribution >= 4 is 29.8 Å². The maximum atomic E-state index is 13.7. The normalized spacial score (nSPS) is 19.3. The van der Waals surface area contributed by atoms with Gasteiger partial charge in [0.15, 0.2) is 24.6 Å². The quantitative estimate of drug-likeness (QED) is 0.0758. The predicted octanol–water partition coefficient (Wildman–Crippen LogP) is 6.00. The lowest BCUT2D eigenvalue weighted by Gasteiger charge is -2.44. The van der Waals surface area contributed by atoms with Crippen LogP contribution in [0.25, 0.3) is 0 Å². The van der Waals surface area contributed by atoms with Gasteiger partial charge in [0.05, 0.1) is 29.4 Å². The zero-order valence-corrected chi connectivity index (χ0v) is 29.1. The van der Waals surface area contributed by atoms with Crippen LogP contribution in [0.5, 0.6) is 0 Å². The molecule has 276 valence electrons. The molecule has 53 heavy (non-hydrogen) atoms. The van der Waals surface area contributed by atoms with Crippen molar-refractivity contribution in [3.8, 4) is 0 Å². The summed E-state index contributed by atoms with van der Waals surface area (Å²) in [6, 6.07) is 32.6. The Morgan fingerprint density at radius 3 is 1.43 bits per heavy atom. The minimum absolute atomic E-state index is 0.0789. The molecule has 0 radical (unpaired) electrons. The molecule has 0 amide bonds. The maximum Gasteiger partial charge on any atom is 0.338 e. The highest BCUT2D eigenvalue weighted by Gasteiger charge is 2.53. The van der Waals surface area contributed by atoms with Gasteiger partial charge in [0.2, 0.25) is 0 Å². The molecule has 0 N–H and O–H groups in total. The molecular weight excluding hydrogens is 684 g/mol. The number of benzene rings is 4. The monoisotopic (exact) mass is 724 g/mol. The molecule has 4 aromatic rings. The van der Waals surface area contributed by atoms with Gasteiger partial charge in [-0.25, -0.2) is 19.2 Å². The van der Waals surface area contributed by atoms with Crippen LogP contribution in [0.1, 0.15) is 67.1 Å². The Morgan fingerprint density at radius 1 is 0.528 bits per heavy atom. The topological polar surface area (TPSA) is 150 Å². The molecule has 1 fully saturated rings. The fourth-order valence-corrected chi connectivity index (χ4v) is 5.51. The SMILES string of the molecule is COC(=O)CCCCCO[C@H]1O[C@H](COC(=O)c2ccccc2)[C@@H](OC(=O)c2ccccc2)[C@H](OC(=O)c2ccccc2)[C@@H]1OC(=O)c1ccccc1. The van der Waals surface area contributed by atoms with Crippen LogP contribution < -0.4 is 0 Å². The number of hydrogen-bond acceptors (Lipinski definition) is 12. The summed E-state index contributed by atoms with van der Waals surface area (Å²) in [4.78, 5) is 65.5. The van der Waals surface area contributed by atoms with Crippen molar-refractivity contribution in [2.75, 3.05) is 20.3 Å². The first-order chi connectivity index (χ1) is 25.8. The molecule has 1 aliphatic rings. The van der Waals surface area contributed by atoms with Gasteiger partial charge in [-0.3, -0.25) is 4.79 Å². The second kappa shape index (κ2) is 19.7. The molecule has 12 heteroatoms. The number of methoxy groups -OCH3 is 1. The summed E-state index contributed by atoms with van der Waals surface area (Å²) < 4.78 is 40.9. The van der Waals surface area contributed by atoms with E-state index in [-0.39, 0.29) is 41.3 Å². The van der Waals surface area contributed by atoms with E-state index in [1.807, 2.05) is 0 Å². The summed E-state index contributed by atoms with van der Waals surface area (Å²) in [6.45, 7) is -0.381. The number of rotatable bonds is 16. The van der Waals surface area contributed by atoms with Crippen LogP contribution >= 0.6 is 0 Å². The number of ether oxygens (including phenoxy) is 7. The van der Waals surface area contributed by atoms with E-state index in [1.165, 1.54) is 7.11 Å². The van der Waals surface area contributed by atoms with E-state index in [0.717, 1.165) is 0 Å². The Bertz CT molecular complexity index is 1780. The third-order valence-corrected chi connectivity index (χ3v) is 8.27. The average Bonchev–Trinajstić information content (AvgIpc) is 3.21. The summed E-state index contributed by atoms with van der Waals surface area (Å²) in [6.07, 6.45) is -5.25. The van der Waals surface area contributed by atoms with Gasteiger partial charge >= 0.3 is 29.8 Å². The average molecular weight is 725 g/mol. The lowest BCUT2D eigenvalue weighted by atomic mass is 9.97. The van der Waals surface area contributed by atoms with Crippen molar-refractivity contribution in [1.29, 1.82) is 0 Å². The molecule has 4 aromatic carbocycles. The van der Waals surface area contributed by atoms with Gasteiger partial charge in [0, 0.05) is 13.0 Å². The molecule has 5 atom stereocenters. The Morgan fingerprint density at radius 2 is 0.962 bits per heavy atom. The van der Waals surface area contributed by atoms with Gasteiger partial charge in [0.1, 0.15) is 12.7 Å². The van der Waals surface area contributed by atoms with Crippen LogP contribution in [0.15, 0.2) is 121 Å². The summed E-state index contributed by atoms with van der Waals surface area (Å²) in [7, 11) is 1.32. The molecule has 12 nitrogen and oxygen atoms in total. The van der Waals surface area contributed by atoms with Crippen molar-refractivity contribution in [3.63, 3.8) is 0 Å². The third kappa shape index (κ3) is 11.1. The molecule has 0 saturated carbocycles. The molecular formula is C41H40O12. The zero-order valence-electron chi connectivity index (χ0n) is 29.1. The molecule has 0 aromatic heterocycles. The van der Waals surface area contributed by atoms with E-state index in [9.17, 15) is 24.0 Å². The minimum Gasteiger partial charge on any atom is -0.469 e. The van der Waals surface area contributed by atoms with Crippen molar-refractivity contribution in [2.24, 2.45) is 0 Å². The lowest BCUT2D eigenvalue weighted by molar-refractivity contribution is -0.298. The second-order valence-electron chi connectivity index (χ2n) is 12.0. The first kappa shape index (κ1) is 38.4. The van der Waals surface area contributed by atoms with Crippen molar-refractivity contribution in [3.05, 3.63) is 144 Å². The third-order valence-electron chi connectivity index (χ3n) is 8.27. The van der Waals surface area contributed by atoms with Gasteiger partial charge in [0.25, 0.3) is 0 Å². The Labute approximate surface area is 306 Å². The predicted molar refractivity (Wildman–Crippen MR) is 189 cm³/mol. The van der Waals surface area contributed by atoms with Crippen molar-refractivity contribution < 1.29 is 57.1 Å². The standard InChI is InChI=1S/C41H40O12/c1-47-33(42)25-15-6-16-26-48-41-36(53-40(46)31-23-13-5-14-24-31)35(52-39(45)30-21-11-4-12-22-30)34(51-38(44)29-19-9-3-10-20-29)32(50-41)27-49-37(43)28-17-7-2-8-18-28/h2-5,7-14,17-24,32,34-36,41H,6,15-16,25-27H2,1H3/t32-,34-,35+,36+,41+/m1/s1. The summed E-state index contributed by atoms with van der Waals surface area (Å²) in [5.41, 5.74) is 0.820. The molecule has 0 aliphatic carbocycles. The van der Waals surface area contributed by atoms with Crippen LogP contribution in [0.2, 0.25) is 0 Å². The van der Waals surface area contributed by atoms with Crippen LogP contribution in [0.4, 0.5) is 0 Å². The van der Waals surface area contributed by atoms with Crippen LogP contribution in [0, 0.1) is 0 Å². The van der Waals surface area contributed by atoms with E-state index < -0.39 is 61.2 Å². The number of hydrogen-bond donors (Lipinski definition) is 0. The highest BCUT2D eigenvalue weighted by molar-refractivity contribution is 5.91. The summed E-state index contributed by atoms with van der Waals surface area (Å²) >= 11 is 0. The highest BCUT2D eigenvalue weighted by atomic mass is 16.7. The smallest absolute Gasteiger partial charge is 0.338 e. The largest absolute Gasteiger partial charge is 0.469 e. The fraction of sp³-hybridized carbons (Fsp3) is 0.293. The molecule has 0 bridgehead atoms. The van der Waals surface area contributed by atoms with Gasteiger partial charge in [-0.1, -0.05) is 79.2 Å². The van der Waals surface area contributed by atoms with Gasteiger partial charge in [-0.05, 0) is 61.4 Å². The van der Waals surface area contributed by atoms with Gasteiger partial charge in [-0.2, -0.15) is 0 Å². The van der Waals surface area contributed by atoms with E-state index in [2.05, 4.69) is 0 Å². The lowest BCUT2D eigenvalue weighted by Crippen LogP contribution is -2.63. The highest BCUT2D eigenvalue weighted by Crippen LogP contribution is 2.32. The Kier molecular flexibility index (Phi) is 14.2. The van der Waals surface area contributed by atoms with E-state index in [4.69, 9.17) is 33.2 Å².